The second-order valence-electron chi connectivity index (χ2n) is 9.56. The van der Waals surface area contributed by atoms with Crippen LogP contribution in [-0.4, -0.2) is 63.0 Å². The molecule has 0 saturated carbocycles. The van der Waals surface area contributed by atoms with E-state index in [2.05, 4.69) is 20.4 Å². The molecular weight excluding hydrogens is 515 g/mol. The molecule has 12 heteroatoms. The molecule has 0 aliphatic carbocycles. The Morgan fingerprint density at radius 2 is 2.02 bits per heavy atom. The van der Waals surface area contributed by atoms with Gasteiger partial charge in [0.05, 0.1) is 24.4 Å². The summed E-state index contributed by atoms with van der Waals surface area (Å²) >= 11 is 0. The zero-order valence-corrected chi connectivity index (χ0v) is 21.8. The number of benzene rings is 1. The summed E-state index contributed by atoms with van der Waals surface area (Å²) in [5.74, 6) is -0.516. The monoisotopic (exact) mass is 542 g/mol. The van der Waals surface area contributed by atoms with E-state index in [9.17, 15) is 14.0 Å². The van der Waals surface area contributed by atoms with Crippen LogP contribution in [0.1, 0.15) is 39.1 Å². The van der Waals surface area contributed by atoms with Crippen molar-refractivity contribution < 1.29 is 18.7 Å². The number of nitrogens with one attached hydrogen (secondary N) is 1. The van der Waals surface area contributed by atoms with Gasteiger partial charge in [0.15, 0.2) is 5.82 Å². The molecule has 3 N–H and O–H groups in total. The molecule has 2 amide bonds. The number of hydrogen-bond acceptors (Lipinski definition) is 8. The van der Waals surface area contributed by atoms with E-state index in [4.69, 9.17) is 15.7 Å². The normalized spacial score (nSPS) is 15.0. The SMILES string of the molecule is COc1ncc(-c2cc(C(=O)NCC#N)c3c(N)ncnn23)cc1C(=O)N1CCC[C@@H](Cc2ccc(F)cc2)C1. The Bertz CT molecular complexity index is 1610. The predicted octanol–water partition coefficient (Wildman–Crippen LogP) is 2.87. The number of anilines is 1. The number of rotatable bonds is 7. The molecule has 4 heterocycles. The topological polar surface area (TPSA) is 152 Å². The molecule has 1 aliphatic rings. The first kappa shape index (κ1) is 26.6. The van der Waals surface area contributed by atoms with Crippen molar-refractivity contribution in [3.05, 3.63) is 71.4 Å². The van der Waals surface area contributed by atoms with Crippen molar-refractivity contribution in [3.8, 4) is 23.2 Å². The molecule has 1 fully saturated rings. The van der Waals surface area contributed by atoms with Crippen molar-refractivity contribution in [2.24, 2.45) is 5.92 Å². The molecule has 0 bridgehead atoms. The quantitative estimate of drug-likeness (QED) is 0.338. The third-order valence-corrected chi connectivity index (χ3v) is 6.97. The molecule has 0 spiro atoms. The summed E-state index contributed by atoms with van der Waals surface area (Å²) in [7, 11) is 1.45. The highest BCUT2D eigenvalue weighted by molar-refractivity contribution is 6.05. The molecule has 1 aliphatic heterocycles. The Morgan fingerprint density at radius 1 is 1.23 bits per heavy atom. The van der Waals surface area contributed by atoms with Gasteiger partial charge in [-0.15, -0.1) is 0 Å². The number of nitrogen functional groups attached to an aromatic ring is 1. The molecule has 4 aromatic rings. The highest BCUT2D eigenvalue weighted by Crippen LogP contribution is 2.31. The molecular formula is C28H27FN8O3. The van der Waals surface area contributed by atoms with Crippen molar-refractivity contribution in [1.82, 2.24) is 29.8 Å². The average Bonchev–Trinajstić information content (AvgIpc) is 3.38. The van der Waals surface area contributed by atoms with E-state index in [1.165, 1.54) is 36.3 Å². The Kier molecular flexibility index (Phi) is 7.54. The Hall–Kier alpha value is -5.05. The molecule has 40 heavy (non-hydrogen) atoms. The minimum atomic E-state index is -0.509. The van der Waals surface area contributed by atoms with Gasteiger partial charge in [-0.1, -0.05) is 12.1 Å². The number of halogens is 1. The fraction of sp³-hybridized carbons (Fsp3) is 0.286. The van der Waals surface area contributed by atoms with E-state index in [-0.39, 0.29) is 52.5 Å². The number of nitrogens with zero attached hydrogens (tertiary/aromatic N) is 6. The molecule has 1 saturated heterocycles. The molecule has 1 aromatic carbocycles. The standard InChI is InChI=1S/C28H27FN8O3/c1-40-27-22(28(39)36-10-2-3-18(15-36)11-17-4-6-20(29)7-5-17)12-19(14-33-27)23-13-21(26(38)32-9-8-30)24-25(31)34-16-35-37(23)24/h4-7,12-14,16,18H,2-3,9-11,15H2,1H3,(H,32,38)(H2,31,34,35)/t18-/m0/s1. The molecule has 0 radical (unpaired) electrons. The van der Waals surface area contributed by atoms with Crippen LogP contribution in [0.4, 0.5) is 10.2 Å². The van der Waals surface area contributed by atoms with E-state index >= 15 is 0 Å². The van der Waals surface area contributed by atoms with Gasteiger partial charge in [0.1, 0.15) is 29.8 Å². The van der Waals surface area contributed by atoms with Crippen molar-refractivity contribution in [2.75, 3.05) is 32.5 Å². The van der Waals surface area contributed by atoms with Gasteiger partial charge in [-0.3, -0.25) is 9.59 Å². The first-order chi connectivity index (χ1) is 19.4. The summed E-state index contributed by atoms with van der Waals surface area (Å²) in [6.45, 7) is 0.956. The number of carbonyl (C=O) groups is 2. The first-order valence-electron chi connectivity index (χ1n) is 12.7. The highest BCUT2D eigenvalue weighted by Gasteiger charge is 2.28. The lowest BCUT2D eigenvalue weighted by Crippen LogP contribution is -2.40. The minimum Gasteiger partial charge on any atom is -0.480 e. The molecule has 11 nitrogen and oxygen atoms in total. The minimum absolute atomic E-state index is 0.0849. The van der Waals surface area contributed by atoms with E-state index in [1.54, 1.807) is 29.2 Å². The van der Waals surface area contributed by atoms with Crippen LogP contribution in [0.15, 0.2) is 48.9 Å². The van der Waals surface area contributed by atoms with Gasteiger partial charge in [0.2, 0.25) is 5.88 Å². The number of carbonyl (C=O) groups excluding carboxylic acids is 2. The number of piperidine rings is 1. The van der Waals surface area contributed by atoms with Crippen LogP contribution in [0.2, 0.25) is 0 Å². The van der Waals surface area contributed by atoms with Gasteiger partial charge < -0.3 is 20.7 Å². The van der Waals surface area contributed by atoms with Gasteiger partial charge in [0, 0.05) is 24.8 Å². The number of methoxy groups -OCH3 is 1. The lowest BCUT2D eigenvalue weighted by molar-refractivity contribution is 0.0669. The number of likely N-dealkylation sites (tertiary alicyclic amines) is 1. The predicted molar refractivity (Wildman–Crippen MR) is 144 cm³/mol. The van der Waals surface area contributed by atoms with Gasteiger partial charge in [-0.2, -0.15) is 10.4 Å². The molecule has 3 aromatic heterocycles. The van der Waals surface area contributed by atoms with Crippen molar-refractivity contribution in [2.45, 2.75) is 19.3 Å². The molecule has 204 valence electrons. The lowest BCUT2D eigenvalue weighted by Gasteiger charge is -2.33. The summed E-state index contributed by atoms with van der Waals surface area (Å²) in [6, 6.07) is 11.6. The number of nitrogens with two attached hydrogens (primary N) is 1. The maximum Gasteiger partial charge on any atom is 0.259 e. The Labute approximate surface area is 229 Å². The number of pyridine rings is 1. The summed E-state index contributed by atoms with van der Waals surface area (Å²) < 4.78 is 20.2. The van der Waals surface area contributed by atoms with E-state index in [1.807, 2.05) is 6.07 Å². The highest BCUT2D eigenvalue weighted by atomic mass is 19.1. The number of ether oxygens (including phenoxy) is 1. The molecule has 1 atom stereocenters. The second kappa shape index (κ2) is 11.4. The third kappa shape index (κ3) is 5.26. The number of hydrogen-bond donors (Lipinski definition) is 2. The van der Waals surface area contributed by atoms with E-state index < -0.39 is 5.91 Å². The zero-order chi connectivity index (χ0) is 28.2. The second-order valence-corrected chi connectivity index (χ2v) is 9.56. The smallest absolute Gasteiger partial charge is 0.259 e. The van der Waals surface area contributed by atoms with E-state index in [0.717, 1.165) is 24.8 Å². The summed E-state index contributed by atoms with van der Waals surface area (Å²) in [5.41, 5.74) is 8.81. The molecule has 5 rings (SSSR count). The average molecular weight is 543 g/mol. The number of nitriles is 1. The van der Waals surface area contributed by atoms with Crippen molar-refractivity contribution in [3.63, 3.8) is 0 Å². The van der Waals surface area contributed by atoms with Crippen LogP contribution in [0.3, 0.4) is 0 Å². The Morgan fingerprint density at radius 3 is 2.77 bits per heavy atom. The fourth-order valence-electron chi connectivity index (χ4n) is 5.11. The van der Waals surface area contributed by atoms with Gasteiger partial charge in [-0.25, -0.2) is 18.9 Å². The number of fused-ring (bicyclic) bond motifs is 1. The number of aromatic nitrogens is 4. The maximum absolute atomic E-state index is 13.8. The summed E-state index contributed by atoms with van der Waals surface area (Å²) in [5, 5.41) is 15.6. The largest absolute Gasteiger partial charge is 0.480 e. The fourth-order valence-corrected chi connectivity index (χ4v) is 5.11. The van der Waals surface area contributed by atoms with Crippen LogP contribution in [0.5, 0.6) is 5.88 Å². The zero-order valence-electron chi connectivity index (χ0n) is 21.8. The van der Waals surface area contributed by atoms with Crippen LogP contribution in [-0.2, 0) is 6.42 Å². The van der Waals surface area contributed by atoms with Crippen molar-refractivity contribution in [1.29, 1.82) is 5.26 Å². The van der Waals surface area contributed by atoms with Gasteiger partial charge in [0.25, 0.3) is 11.8 Å². The lowest BCUT2D eigenvalue weighted by atomic mass is 9.91. The van der Waals surface area contributed by atoms with Gasteiger partial charge >= 0.3 is 0 Å². The van der Waals surface area contributed by atoms with Crippen molar-refractivity contribution >= 4 is 23.1 Å². The first-order valence-corrected chi connectivity index (χ1v) is 12.7. The Balaban J connectivity index is 1.46. The summed E-state index contributed by atoms with van der Waals surface area (Å²) in [4.78, 5) is 36.7. The van der Waals surface area contributed by atoms with Crippen LogP contribution in [0, 0.1) is 23.1 Å². The maximum atomic E-state index is 13.8. The number of amides is 2. The van der Waals surface area contributed by atoms with E-state index in [0.29, 0.717) is 24.3 Å². The van der Waals surface area contributed by atoms with Crippen LogP contribution in [0.25, 0.3) is 16.8 Å². The van der Waals surface area contributed by atoms with Crippen LogP contribution >= 0.6 is 0 Å². The van der Waals surface area contributed by atoms with Crippen LogP contribution < -0.4 is 15.8 Å². The van der Waals surface area contributed by atoms with Gasteiger partial charge in [-0.05, 0) is 55.0 Å². The summed E-state index contributed by atoms with van der Waals surface area (Å²) in [6.07, 6.45) is 5.34. The molecule has 0 unspecified atom stereocenters. The third-order valence-electron chi connectivity index (χ3n) is 6.97.